The molecule has 0 amide bonds. The van der Waals surface area contributed by atoms with Gasteiger partial charge in [-0.25, -0.2) is 4.98 Å². The molecule has 17 heavy (non-hydrogen) atoms. The Morgan fingerprint density at radius 2 is 2.00 bits per heavy atom. The maximum Gasteiger partial charge on any atom is 0.238 e. The second-order valence-electron chi connectivity index (χ2n) is 3.85. The lowest BCUT2D eigenvalue weighted by atomic mass is 10.1. The van der Waals surface area contributed by atoms with Crippen LogP contribution in [-0.4, -0.2) is 15.1 Å². The Bertz CT molecular complexity index is 527. The number of aliphatic hydroxyl groups is 1. The van der Waals surface area contributed by atoms with Gasteiger partial charge in [-0.2, -0.15) is 0 Å². The predicted molar refractivity (Wildman–Crippen MR) is 63.9 cm³/mol. The summed E-state index contributed by atoms with van der Waals surface area (Å²) in [5.41, 5.74) is 2.87. The monoisotopic (exact) mass is 230 g/mol. The number of nitrogens with zero attached hydrogens (tertiary/aromatic N) is 2. The molecule has 0 aliphatic heterocycles. The van der Waals surface area contributed by atoms with Gasteiger partial charge in [0.25, 0.3) is 0 Å². The van der Waals surface area contributed by atoms with E-state index in [0.717, 1.165) is 11.3 Å². The fraction of sp³-hybridized carbons (Fsp3) is 0.231. The summed E-state index contributed by atoms with van der Waals surface area (Å²) in [6.07, 6.45) is 3.03. The highest BCUT2D eigenvalue weighted by molar-refractivity contribution is 5.35. The van der Waals surface area contributed by atoms with E-state index in [1.165, 1.54) is 18.0 Å². The summed E-state index contributed by atoms with van der Waals surface area (Å²) >= 11 is 0. The summed E-state index contributed by atoms with van der Waals surface area (Å²) in [5, 5.41) is 8.95. The number of hydrogen-bond donors (Lipinski definition) is 1. The quantitative estimate of drug-likeness (QED) is 0.879. The van der Waals surface area contributed by atoms with Crippen molar-refractivity contribution in [2.75, 3.05) is 0 Å². The van der Waals surface area contributed by atoms with Crippen LogP contribution in [0.4, 0.5) is 0 Å². The minimum atomic E-state index is -0.142. The average molecular weight is 230 g/mol. The molecule has 4 heteroatoms. The number of hydrogen-bond acceptors (Lipinski definition) is 4. The van der Waals surface area contributed by atoms with E-state index in [0.29, 0.717) is 11.6 Å². The smallest absolute Gasteiger partial charge is 0.238 e. The summed E-state index contributed by atoms with van der Waals surface area (Å²) in [4.78, 5) is 8.05. The van der Waals surface area contributed by atoms with Crippen LogP contribution in [-0.2, 0) is 6.61 Å². The Hall–Kier alpha value is -1.94. The summed E-state index contributed by atoms with van der Waals surface area (Å²) in [7, 11) is 0. The van der Waals surface area contributed by atoms with Gasteiger partial charge in [-0.15, -0.1) is 0 Å². The van der Waals surface area contributed by atoms with E-state index in [9.17, 15) is 0 Å². The molecule has 2 rings (SSSR count). The van der Waals surface area contributed by atoms with Crippen molar-refractivity contribution in [1.29, 1.82) is 0 Å². The van der Waals surface area contributed by atoms with Crippen LogP contribution in [0.2, 0.25) is 0 Å². The van der Waals surface area contributed by atoms with Crippen LogP contribution < -0.4 is 4.74 Å². The average Bonchev–Trinajstić information content (AvgIpc) is 2.34. The van der Waals surface area contributed by atoms with E-state index in [2.05, 4.69) is 9.97 Å². The summed E-state index contributed by atoms with van der Waals surface area (Å²) in [6, 6.07) is 5.83. The lowest BCUT2D eigenvalue weighted by molar-refractivity contribution is 0.274. The minimum Gasteiger partial charge on any atom is -0.437 e. The van der Waals surface area contributed by atoms with Crippen molar-refractivity contribution in [2.24, 2.45) is 0 Å². The van der Waals surface area contributed by atoms with Crippen molar-refractivity contribution < 1.29 is 9.84 Å². The van der Waals surface area contributed by atoms with Crippen LogP contribution >= 0.6 is 0 Å². The SMILES string of the molecule is Cc1ccc(Oc2cncc(CO)n2)cc1C. The van der Waals surface area contributed by atoms with Crippen molar-refractivity contribution >= 4 is 0 Å². The van der Waals surface area contributed by atoms with Crippen LogP contribution in [0.3, 0.4) is 0 Å². The van der Waals surface area contributed by atoms with Crippen LogP contribution in [0, 0.1) is 13.8 Å². The zero-order valence-corrected chi connectivity index (χ0v) is 9.84. The molecule has 1 heterocycles. The van der Waals surface area contributed by atoms with E-state index in [4.69, 9.17) is 9.84 Å². The number of aromatic nitrogens is 2. The molecule has 0 unspecified atom stereocenters. The highest BCUT2D eigenvalue weighted by atomic mass is 16.5. The summed E-state index contributed by atoms with van der Waals surface area (Å²) in [5.74, 6) is 1.11. The van der Waals surface area contributed by atoms with Crippen LogP contribution in [0.15, 0.2) is 30.6 Å². The first-order valence-corrected chi connectivity index (χ1v) is 5.36. The Morgan fingerprint density at radius 1 is 1.18 bits per heavy atom. The van der Waals surface area contributed by atoms with Gasteiger partial charge < -0.3 is 9.84 Å². The first kappa shape index (κ1) is 11.5. The van der Waals surface area contributed by atoms with Gasteiger partial charge in [0.15, 0.2) is 0 Å². The molecule has 0 spiro atoms. The van der Waals surface area contributed by atoms with Gasteiger partial charge >= 0.3 is 0 Å². The molecule has 1 N–H and O–H groups in total. The van der Waals surface area contributed by atoms with Gasteiger partial charge in [0, 0.05) is 0 Å². The highest BCUT2D eigenvalue weighted by Crippen LogP contribution is 2.21. The molecule has 4 nitrogen and oxygen atoms in total. The van der Waals surface area contributed by atoms with E-state index >= 15 is 0 Å². The Labute approximate surface area is 99.9 Å². The highest BCUT2D eigenvalue weighted by Gasteiger charge is 2.02. The number of rotatable bonds is 3. The van der Waals surface area contributed by atoms with Gasteiger partial charge in [0.2, 0.25) is 5.88 Å². The number of aliphatic hydroxyl groups excluding tert-OH is 1. The third kappa shape index (κ3) is 2.79. The van der Waals surface area contributed by atoms with Crippen LogP contribution in [0.1, 0.15) is 16.8 Å². The molecule has 88 valence electrons. The normalized spacial score (nSPS) is 10.3. The first-order chi connectivity index (χ1) is 8.19. The van der Waals surface area contributed by atoms with Crippen molar-refractivity contribution in [3.8, 4) is 11.6 Å². The van der Waals surface area contributed by atoms with Crippen molar-refractivity contribution in [2.45, 2.75) is 20.5 Å². The van der Waals surface area contributed by atoms with Crippen LogP contribution in [0.5, 0.6) is 11.6 Å². The number of aryl methyl sites for hydroxylation is 2. The molecular formula is C13H14N2O2. The van der Waals surface area contributed by atoms with Crippen molar-refractivity contribution in [1.82, 2.24) is 9.97 Å². The molecule has 1 aromatic carbocycles. The zero-order chi connectivity index (χ0) is 12.3. The van der Waals surface area contributed by atoms with E-state index in [1.54, 1.807) is 0 Å². The van der Waals surface area contributed by atoms with Gasteiger partial charge in [0.1, 0.15) is 5.75 Å². The lowest BCUT2D eigenvalue weighted by Crippen LogP contribution is -1.95. The molecule has 0 aliphatic carbocycles. The van der Waals surface area contributed by atoms with Crippen molar-refractivity contribution in [3.05, 3.63) is 47.4 Å². The zero-order valence-electron chi connectivity index (χ0n) is 9.84. The Kier molecular flexibility index (Phi) is 3.35. The largest absolute Gasteiger partial charge is 0.437 e. The molecule has 0 bridgehead atoms. The van der Waals surface area contributed by atoms with E-state index < -0.39 is 0 Å². The number of benzene rings is 1. The topological polar surface area (TPSA) is 55.2 Å². The Balaban J connectivity index is 2.22. The van der Waals surface area contributed by atoms with Crippen LogP contribution in [0.25, 0.3) is 0 Å². The second-order valence-corrected chi connectivity index (χ2v) is 3.85. The number of ether oxygens (including phenoxy) is 1. The van der Waals surface area contributed by atoms with E-state index in [-0.39, 0.29) is 6.61 Å². The van der Waals surface area contributed by atoms with Gasteiger partial charge in [-0.3, -0.25) is 4.98 Å². The third-order valence-corrected chi connectivity index (χ3v) is 2.53. The van der Waals surface area contributed by atoms with Gasteiger partial charge in [-0.05, 0) is 37.1 Å². The summed E-state index contributed by atoms with van der Waals surface area (Å²) < 4.78 is 5.57. The van der Waals surface area contributed by atoms with Gasteiger partial charge in [0.05, 0.1) is 24.7 Å². The van der Waals surface area contributed by atoms with E-state index in [1.807, 2.05) is 32.0 Å². The Morgan fingerprint density at radius 3 is 2.71 bits per heavy atom. The fourth-order valence-corrected chi connectivity index (χ4v) is 1.41. The minimum absolute atomic E-state index is 0.142. The molecule has 0 aliphatic rings. The molecule has 0 saturated carbocycles. The lowest BCUT2D eigenvalue weighted by Gasteiger charge is -2.07. The molecule has 0 atom stereocenters. The molecule has 0 saturated heterocycles. The summed E-state index contributed by atoms with van der Waals surface area (Å²) in [6.45, 7) is 3.93. The standard InChI is InChI=1S/C13H14N2O2/c1-9-3-4-12(5-10(9)2)17-13-7-14-6-11(8-16)15-13/h3-7,16H,8H2,1-2H3. The molecular weight excluding hydrogens is 216 g/mol. The predicted octanol–water partition coefficient (Wildman–Crippen LogP) is 2.38. The second kappa shape index (κ2) is 4.93. The fourth-order valence-electron chi connectivity index (χ4n) is 1.41. The molecule has 0 fully saturated rings. The molecule has 2 aromatic rings. The maximum atomic E-state index is 8.95. The van der Waals surface area contributed by atoms with Crippen molar-refractivity contribution in [3.63, 3.8) is 0 Å². The molecule has 1 aromatic heterocycles. The maximum absolute atomic E-state index is 8.95. The third-order valence-electron chi connectivity index (χ3n) is 2.53. The van der Waals surface area contributed by atoms with Gasteiger partial charge in [-0.1, -0.05) is 6.07 Å². The molecule has 0 radical (unpaired) electrons. The first-order valence-electron chi connectivity index (χ1n) is 5.36.